The van der Waals surface area contributed by atoms with Crippen LogP contribution in [0.5, 0.6) is 0 Å². The van der Waals surface area contributed by atoms with E-state index in [4.69, 9.17) is 12.2 Å². The molecule has 1 aromatic heterocycles. The van der Waals surface area contributed by atoms with E-state index in [1.54, 1.807) is 6.07 Å². The molecule has 0 amide bonds. The van der Waals surface area contributed by atoms with Crippen LogP contribution in [0.15, 0.2) is 18.2 Å². The Hall–Kier alpha value is -1.16. The van der Waals surface area contributed by atoms with Crippen molar-refractivity contribution in [2.45, 2.75) is 38.6 Å². The first-order valence-electron chi connectivity index (χ1n) is 6.55. The van der Waals surface area contributed by atoms with E-state index >= 15 is 0 Å². The molecule has 2 unspecified atom stereocenters. The van der Waals surface area contributed by atoms with Crippen LogP contribution in [0.3, 0.4) is 0 Å². The summed E-state index contributed by atoms with van der Waals surface area (Å²) in [5.74, 6) is 0.505. The predicted octanol–water partition coefficient (Wildman–Crippen LogP) is 4.59. The van der Waals surface area contributed by atoms with Gasteiger partial charge in [0.15, 0.2) is 4.77 Å². The van der Waals surface area contributed by atoms with Gasteiger partial charge in [-0.15, -0.1) is 0 Å². The van der Waals surface area contributed by atoms with Crippen molar-refractivity contribution in [3.8, 4) is 0 Å². The van der Waals surface area contributed by atoms with E-state index in [1.165, 1.54) is 18.9 Å². The molecule has 2 aromatic rings. The SMILES string of the molecule is CC1CCCC(n2c(=S)[nH]c3c(F)cccc32)C1. The molecule has 0 spiro atoms. The van der Waals surface area contributed by atoms with Crippen molar-refractivity contribution in [1.29, 1.82) is 0 Å². The van der Waals surface area contributed by atoms with Gasteiger partial charge in [0.25, 0.3) is 0 Å². The molecule has 1 saturated carbocycles. The topological polar surface area (TPSA) is 20.7 Å². The summed E-state index contributed by atoms with van der Waals surface area (Å²) in [6.45, 7) is 2.28. The third kappa shape index (κ3) is 1.88. The zero-order valence-electron chi connectivity index (χ0n) is 10.4. The van der Waals surface area contributed by atoms with Gasteiger partial charge in [0.2, 0.25) is 0 Å². The molecular formula is C14H17FN2S. The quantitative estimate of drug-likeness (QED) is 0.747. The smallest absolute Gasteiger partial charge is 0.178 e. The first kappa shape index (κ1) is 11.9. The number of para-hydroxylation sites is 1. The number of benzene rings is 1. The van der Waals surface area contributed by atoms with Gasteiger partial charge in [0.1, 0.15) is 11.3 Å². The van der Waals surface area contributed by atoms with E-state index in [2.05, 4.69) is 16.5 Å². The van der Waals surface area contributed by atoms with E-state index in [0.29, 0.717) is 16.3 Å². The number of hydrogen-bond acceptors (Lipinski definition) is 1. The number of nitrogens with one attached hydrogen (secondary N) is 1. The van der Waals surface area contributed by atoms with Gasteiger partial charge in [-0.25, -0.2) is 4.39 Å². The standard InChI is InChI=1S/C14H17FN2S/c1-9-4-2-5-10(8-9)17-12-7-3-6-11(15)13(12)16-14(17)18/h3,6-7,9-10H,2,4-5,8H2,1H3,(H,16,18). The Kier molecular flexibility index (Phi) is 2.98. The number of halogens is 1. The van der Waals surface area contributed by atoms with Crippen molar-refractivity contribution in [3.05, 3.63) is 28.8 Å². The Morgan fingerprint density at radius 3 is 3.00 bits per heavy atom. The summed E-state index contributed by atoms with van der Waals surface area (Å²) in [6.07, 6.45) is 4.80. The lowest BCUT2D eigenvalue weighted by molar-refractivity contribution is 0.285. The van der Waals surface area contributed by atoms with Gasteiger partial charge in [-0.3, -0.25) is 0 Å². The molecule has 1 fully saturated rings. The summed E-state index contributed by atoms with van der Waals surface area (Å²) < 4.78 is 16.5. The van der Waals surface area contributed by atoms with Gasteiger partial charge in [-0.1, -0.05) is 25.8 Å². The van der Waals surface area contributed by atoms with Crippen LogP contribution in [-0.2, 0) is 0 Å². The number of nitrogens with zero attached hydrogens (tertiary/aromatic N) is 1. The fourth-order valence-corrected chi connectivity index (χ4v) is 3.46. The Balaban J connectivity index is 2.14. The average Bonchev–Trinajstić information content (AvgIpc) is 2.67. The normalized spacial score (nSPS) is 24.6. The number of aromatic nitrogens is 2. The Morgan fingerprint density at radius 2 is 2.22 bits per heavy atom. The Labute approximate surface area is 111 Å². The van der Waals surface area contributed by atoms with Crippen molar-refractivity contribution in [1.82, 2.24) is 9.55 Å². The van der Waals surface area contributed by atoms with Gasteiger partial charge >= 0.3 is 0 Å². The molecule has 0 bridgehead atoms. The fourth-order valence-electron chi connectivity index (χ4n) is 3.11. The molecule has 1 aromatic carbocycles. The van der Waals surface area contributed by atoms with E-state index in [9.17, 15) is 4.39 Å². The maximum atomic E-state index is 13.7. The van der Waals surface area contributed by atoms with E-state index in [0.717, 1.165) is 24.3 Å². The molecule has 4 heteroatoms. The van der Waals surface area contributed by atoms with E-state index in [1.807, 2.05) is 6.07 Å². The van der Waals surface area contributed by atoms with Crippen LogP contribution in [0.1, 0.15) is 38.6 Å². The van der Waals surface area contributed by atoms with Crippen molar-refractivity contribution < 1.29 is 4.39 Å². The third-order valence-electron chi connectivity index (χ3n) is 3.98. The lowest BCUT2D eigenvalue weighted by atomic mass is 9.87. The number of fused-ring (bicyclic) bond motifs is 1. The van der Waals surface area contributed by atoms with Crippen LogP contribution in [0.25, 0.3) is 11.0 Å². The third-order valence-corrected chi connectivity index (χ3v) is 4.27. The number of aromatic amines is 1. The van der Waals surface area contributed by atoms with Crippen molar-refractivity contribution >= 4 is 23.3 Å². The number of hydrogen-bond donors (Lipinski definition) is 1. The van der Waals surface area contributed by atoms with Crippen LogP contribution < -0.4 is 0 Å². The summed E-state index contributed by atoms with van der Waals surface area (Å²) in [4.78, 5) is 3.01. The first-order chi connectivity index (χ1) is 8.66. The molecule has 0 radical (unpaired) electrons. The molecule has 1 aliphatic rings. The second-order valence-corrected chi connectivity index (χ2v) is 5.75. The molecule has 2 atom stereocenters. The average molecular weight is 264 g/mol. The zero-order valence-corrected chi connectivity index (χ0v) is 11.3. The monoisotopic (exact) mass is 264 g/mol. The minimum absolute atomic E-state index is 0.221. The lowest BCUT2D eigenvalue weighted by Crippen LogP contribution is -2.17. The maximum absolute atomic E-state index is 13.7. The number of rotatable bonds is 1. The second-order valence-electron chi connectivity index (χ2n) is 5.36. The van der Waals surface area contributed by atoms with Gasteiger partial charge in [0, 0.05) is 6.04 Å². The van der Waals surface area contributed by atoms with Crippen LogP contribution in [-0.4, -0.2) is 9.55 Å². The Bertz CT molecular complexity index is 628. The highest BCUT2D eigenvalue weighted by atomic mass is 32.1. The first-order valence-corrected chi connectivity index (χ1v) is 6.96. The zero-order chi connectivity index (χ0) is 12.7. The number of imidazole rings is 1. The van der Waals surface area contributed by atoms with Gasteiger partial charge in [0.05, 0.1) is 5.52 Å². The van der Waals surface area contributed by atoms with Gasteiger partial charge < -0.3 is 9.55 Å². The van der Waals surface area contributed by atoms with Crippen molar-refractivity contribution in [2.24, 2.45) is 5.92 Å². The van der Waals surface area contributed by atoms with E-state index in [-0.39, 0.29) is 5.82 Å². The molecule has 1 N–H and O–H groups in total. The minimum Gasteiger partial charge on any atom is -0.328 e. The molecule has 1 heterocycles. The highest BCUT2D eigenvalue weighted by Gasteiger charge is 2.22. The summed E-state index contributed by atoms with van der Waals surface area (Å²) in [5, 5.41) is 0. The van der Waals surface area contributed by atoms with Gasteiger partial charge in [-0.05, 0) is 43.1 Å². The second kappa shape index (κ2) is 4.50. The lowest BCUT2D eigenvalue weighted by Gasteiger charge is -2.28. The van der Waals surface area contributed by atoms with Crippen LogP contribution in [0, 0.1) is 16.5 Å². The molecule has 96 valence electrons. The Morgan fingerprint density at radius 1 is 1.39 bits per heavy atom. The molecule has 0 saturated heterocycles. The largest absolute Gasteiger partial charge is 0.328 e. The van der Waals surface area contributed by atoms with Crippen LogP contribution in [0.2, 0.25) is 0 Å². The van der Waals surface area contributed by atoms with E-state index < -0.39 is 0 Å². The highest BCUT2D eigenvalue weighted by molar-refractivity contribution is 7.71. The van der Waals surface area contributed by atoms with Crippen LogP contribution >= 0.6 is 12.2 Å². The molecule has 1 aliphatic carbocycles. The summed E-state index contributed by atoms with van der Waals surface area (Å²) in [6, 6.07) is 5.59. The number of H-pyrrole nitrogens is 1. The summed E-state index contributed by atoms with van der Waals surface area (Å²) in [7, 11) is 0. The fraction of sp³-hybridized carbons (Fsp3) is 0.500. The summed E-state index contributed by atoms with van der Waals surface area (Å²) >= 11 is 5.37. The minimum atomic E-state index is -0.221. The molecule has 0 aliphatic heterocycles. The van der Waals surface area contributed by atoms with Crippen molar-refractivity contribution in [3.63, 3.8) is 0 Å². The maximum Gasteiger partial charge on any atom is 0.178 e. The van der Waals surface area contributed by atoms with Crippen molar-refractivity contribution in [2.75, 3.05) is 0 Å². The summed E-state index contributed by atoms with van der Waals surface area (Å²) in [5.41, 5.74) is 1.44. The molecule has 3 rings (SSSR count). The molecule has 18 heavy (non-hydrogen) atoms. The van der Waals surface area contributed by atoms with Gasteiger partial charge in [-0.2, -0.15) is 0 Å². The molecular weight excluding hydrogens is 247 g/mol. The van der Waals surface area contributed by atoms with Crippen LogP contribution in [0.4, 0.5) is 4.39 Å². The predicted molar refractivity (Wildman–Crippen MR) is 73.7 cm³/mol. The molecule has 2 nitrogen and oxygen atoms in total. The highest BCUT2D eigenvalue weighted by Crippen LogP contribution is 2.34.